The summed E-state index contributed by atoms with van der Waals surface area (Å²) in [6.07, 6.45) is 10.2. The molecule has 0 radical (unpaired) electrons. The second-order valence-electron chi connectivity index (χ2n) is 6.53. The number of carbonyl (C=O) groups excluding carboxylic acids is 1. The van der Waals surface area contributed by atoms with Gasteiger partial charge in [-0.25, -0.2) is 14.6 Å². The molecular weight excluding hydrogens is 348 g/mol. The van der Waals surface area contributed by atoms with Crippen molar-refractivity contribution in [1.82, 2.24) is 45.5 Å². The average molecular weight is 368 g/mol. The minimum atomic E-state index is -0.314. The number of hydrogen-bond acceptors (Lipinski definition) is 8. The van der Waals surface area contributed by atoms with Crippen LogP contribution < -0.4 is 11.1 Å². The van der Waals surface area contributed by atoms with E-state index in [-0.39, 0.29) is 30.2 Å². The Morgan fingerprint density at radius 2 is 2.15 bits per heavy atom. The maximum atomic E-state index is 12.3. The van der Waals surface area contributed by atoms with E-state index in [2.05, 4.69) is 40.8 Å². The van der Waals surface area contributed by atoms with E-state index in [4.69, 9.17) is 5.73 Å². The van der Waals surface area contributed by atoms with Gasteiger partial charge in [0.1, 0.15) is 11.5 Å². The first kappa shape index (κ1) is 17.2. The van der Waals surface area contributed by atoms with Crippen LogP contribution >= 0.6 is 0 Å². The van der Waals surface area contributed by atoms with E-state index in [0.717, 1.165) is 25.7 Å². The molecule has 0 bridgehead atoms. The Balaban J connectivity index is 1.34. The molecule has 1 fully saturated rings. The van der Waals surface area contributed by atoms with E-state index in [1.54, 1.807) is 29.5 Å². The Morgan fingerprint density at radius 3 is 2.93 bits per heavy atom. The van der Waals surface area contributed by atoms with Gasteiger partial charge in [-0.3, -0.25) is 14.9 Å². The van der Waals surface area contributed by atoms with Crippen LogP contribution in [-0.2, 0) is 6.54 Å². The summed E-state index contributed by atoms with van der Waals surface area (Å²) < 4.78 is 1.77. The summed E-state index contributed by atoms with van der Waals surface area (Å²) in [5.74, 6) is 0.623. The quantitative estimate of drug-likeness (QED) is 0.578. The molecule has 1 aliphatic rings. The predicted octanol–water partition coefficient (Wildman–Crippen LogP) is 0.226. The van der Waals surface area contributed by atoms with E-state index >= 15 is 0 Å². The van der Waals surface area contributed by atoms with E-state index in [9.17, 15) is 4.79 Å². The summed E-state index contributed by atoms with van der Waals surface area (Å²) in [4.78, 5) is 24.7. The molecule has 140 valence electrons. The molecule has 4 rings (SSSR count). The van der Waals surface area contributed by atoms with E-state index < -0.39 is 0 Å². The lowest BCUT2D eigenvalue weighted by molar-refractivity contribution is 0.0945. The number of nitrogens with zero attached hydrogens (tertiary/aromatic N) is 7. The first-order chi connectivity index (χ1) is 13.2. The van der Waals surface area contributed by atoms with Crippen molar-refractivity contribution in [2.75, 3.05) is 0 Å². The molecule has 1 aliphatic carbocycles. The fourth-order valence-corrected chi connectivity index (χ4v) is 3.08. The summed E-state index contributed by atoms with van der Waals surface area (Å²) in [5.41, 5.74) is 6.76. The van der Waals surface area contributed by atoms with Gasteiger partial charge in [-0.1, -0.05) is 5.21 Å². The highest BCUT2D eigenvalue weighted by molar-refractivity contribution is 5.91. The van der Waals surface area contributed by atoms with Gasteiger partial charge in [0.15, 0.2) is 5.69 Å². The molecule has 3 heterocycles. The molecule has 0 aliphatic heterocycles. The molecule has 1 amide bonds. The maximum absolute atomic E-state index is 12.3. The molecule has 11 heteroatoms. The highest BCUT2D eigenvalue weighted by atomic mass is 16.2. The van der Waals surface area contributed by atoms with Crippen molar-refractivity contribution in [2.45, 2.75) is 44.3 Å². The predicted molar refractivity (Wildman–Crippen MR) is 94.1 cm³/mol. The highest BCUT2D eigenvalue weighted by Gasteiger charge is 2.22. The summed E-state index contributed by atoms with van der Waals surface area (Å²) >= 11 is 0. The van der Waals surface area contributed by atoms with Gasteiger partial charge in [-0.2, -0.15) is 5.10 Å². The van der Waals surface area contributed by atoms with Crippen molar-refractivity contribution >= 4 is 5.91 Å². The van der Waals surface area contributed by atoms with Crippen LogP contribution in [0.15, 0.2) is 24.8 Å². The third kappa shape index (κ3) is 3.97. The average Bonchev–Trinajstić information content (AvgIpc) is 3.37. The van der Waals surface area contributed by atoms with Crippen LogP contribution in [0.25, 0.3) is 11.5 Å². The molecule has 0 unspecified atom stereocenters. The molecule has 4 N–H and O–H groups in total. The molecule has 3 aromatic rings. The number of aromatic amines is 1. The second-order valence-corrected chi connectivity index (χ2v) is 6.53. The first-order valence-electron chi connectivity index (χ1n) is 8.82. The fraction of sp³-hybridized carbons (Fsp3) is 0.438. The van der Waals surface area contributed by atoms with Crippen LogP contribution in [0, 0.1) is 0 Å². The smallest absolute Gasteiger partial charge is 0.273 e. The Labute approximate surface area is 154 Å². The largest absolute Gasteiger partial charge is 0.343 e. The third-order valence-corrected chi connectivity index (χ3v) is 4.60. The lowest BCUT2D eigenvalue weighted by Crippen LogP contribution is -2.28. The summed E-state index contributed by atoms with van der Waals surface area (Å²) in [6, 6.07) is 0.517. The molecule has 11 nitrogen and oxygen atoms in total. The van der Waals surface area contributed by atoms with Gasteiger partial charge >= 0.3 is 0 Å². The SMILES string of the molecule is NC1CCC(n2cc(C(=O)NCc3nc(-c4cnccn4)n[nH]3)nn2)CC1. The zero-order valence-corrected chi connectivity index (χ0v) is 14.6. The van der Waals surface area contributed by atoms with Gasteiger partial charge in [0.25, 0.3) is 5.91 Å². The number of nitrogens with two attached hydrogens (primary N) is 1. The van der Waals surface area contributed by atoms with Crippen LogP contribution in [0.2, 0.25) is 0 Å². The third-order valence-electron chi connectivity index (χ3n) is 4.60. The van der Waals surface area contributed by atoms with Crippen molar-refractivity contribution in [3.63, 3.8) is 0 Å². The molecule has 0 atom stereocenters. The standard InChI is InChI=1S/C16H20N10O/c17-10-1-3-11(4-2-10)26-9-13(22-25-26)16(27)20-8-14-21-15(24-23-14)12-7-18-5-6-19-12/h5-7,9-11H,1-4,8,17H2,(H,20,27)(H,21,23,24). The molecule has 1 saturated carbocycles. The van der Waals surface area contributed by atoms with Gasteiger partial charge in [0.05, 0.1) is 25.0 Å². The zero-order chi connectivity index (χ0) is 18.6. The number of hydrogen-bond donors (Lipinski definition) is 3. The molecule has 3 aromatic heterocycles. The van der Waals surface area contributed by atoms with Gasteiger partial charge in [-0.15, -0.1) is 5.10 Å². The molecular formula is C16H20N10O. The number of H-pyrrole nitrogens is 1. The fourth-order valence-electron chi connectivity index (χ4n) is 3.08. The first-order valence-corrected chi connectivity index (χ1v) is 8.82. The summed E-state index contributed by atoms with van der Waals surface area (Å²) in [7, 11) is 0. The summed E-state index contributed by atoms with van der Waals surface area (Å²) in [6.45, 7) is 0.192. The molecule has 0 saturated heterocycles. The van der Waals surface area contributed by atoms with Crippen LogP contribution in [0.1, 0.15) is 48.0 Å². The molecule has 0 spiro atoms. The number of amides is 1. The number of carbonyl (C=O) groups is 1. The lowest BCUT2D eigenvalue weighted by Gasteiger charge is -2.25. The van der Waals surface area contributed by atoms with Crippen LogP contribution in [0.4, 0.5) is 0 Å². The molecule has 0 aromatic carbocycles. The van der Waals surface area contributed by atoms with Gasteiger partial charge in [0.2, 0.25) is 5.82 Å². The van der Waals surface area contributed by atoms with Gasteiger partial charge in [-0.05, 0) is 25.7 Å². The van der Waals surface area contributed by atoms with Gasteiger partial charge in [0, 0.05) is 18.4 Å². The monoisotopic (exact) mass is 368 g/mol. The van der Waals surface area contributed by atoms with Crippen LogP contribution in [0.3, 0.4) is 0 Å². The van der Waals surface area contributed by atoms with Crippen molar-refractivity contribution in [2.24, 2.45) is 5.73 Å². The minimum Gasteiger partial charge on any atom is -0.343 e. The van der Waals surface area contributed by atoms with Crippen LogP contribution in [-0.4, -0.2) is 52.1 Å². The summed E-state index contributed by atoms with van der Waals surface area (Å²) in [5, 5.41) is 17.7. The van der Waals surface area contributed by atoms with Crippen molar-refractivity contribution in [3.8, 4) is 11.5 Å². The van der Waals surface area contributed by atoms with Gasteiger partial charge < -0.3 is 11.1 Å². The topological polar surface area (TPSA) is 153 Å². The Hall–Kier alpha value is -3.21. The number of aromatic nitrogens is 8. The second kappa shape index (κ2) is 7.58. The Kier molecular flexibility index (Phi) is 4.83. The lowest BCUT2D eigenvalue weighted by atomic mass is 9.92. The Morgan fingerprint density at radius 1 is 1.30 bits per heavy atom. The number of rotatable bonds is 5. The number of nitrogens with one attached hydrogen (secondary N) is 2. The van der Waals surface area contributed by atoms with E-state index in [1.807, 2.05) is 0 Å². The minimum absolute atomic E-state index is 0.192. The van der Waals surface area contributed by atoms with E-state index in [1.165, 1.54) is 0 Å². The van der Waals surface area contributed by atoms with Crippen molar-refractivity contribution in [1.29, 1.82) is 0 Å². The molecule has 27 heavy (non-hydrogen) atoms. The normalized spacial score (nSPS) is 19.7. The van der Waals surface area contributed by atoms with Crippen molar-refractivity contribution < 1.29 is 4.79 Å². The van der Waals surface area contributed by atoms with E-state index in [0.29, 0.717) is 17.3 Å². The van der Waals surface area contributed by atoms with Crippen molar-refractivity contribution in [3.05, 3.63) is 36.3 Å². The van der Waals surface area contributed by atoms with Crippen LogP contribution in [0.5, 0.6) is 0 Å². The zero-order valence-electron chi connectivity index (χ0n) is 14.6. The maximum Gasteiger partial charge on any atom is 0.273 e. The highest BCUT2D eigenvalue weighted by Crippen LogP contribution is 2.26. The Bertz CT molecular complexity index is 897.